The highest BCUT2D eigenvalue weighted by Gasteiger charge is 2.47. The van der Waals surface area contributed by atoms with E-state index < -0.39 is 5.91 Å². The Morgan fingerprint density at radius 1 is 1.15 bits per heavy atom. The summed E-state index contributed by atoms with van der Waals surface area (Å²) in [6.07, 6.45) is 4.30. The van der Waals surface area contributed by atoms with Crippen LogP contribution in [0, 0.1) is 18.8 Å². The number of hydrazine groups is 1. The van der Waals surface area contributed by atoms with Crippen molar-refractivity contribution in [3.63, 3.8) is 0 Å². The van der Waals surface area contributed by atoms with E-state index in [0.29, 0.717) is 4.88 Å². The number of aryl methyl sites for hydroxylation is 2. The highest BCUT2D eigenvalue weighted by atomic mass is 32.1. The number of nitrogens with zero attached hydrogens (tertiary/aromatic N) is 1. The van der Waals surface area contributed by atoms with Gasteiger partial charge in [-0.3, -0.25) is 34.9 Å². The zero-order valence-corrected chi connectivity index (χ0v) is 16.5. The zero-order chi connectivity index (χ0) is 19.6. The fourth-order valence-electron chi connectivity index (χ4n) is 3.90. The predicted molar refractivity (Wildman–Crippen MR) is 101 cm³/mol. The van der Waals surface area contributed by atoms with E-state index in [1.807, 2.05) is 13.8 Å². The first-order valence-electron chi connectivity index (χ1n) is 9.46. The molecule has 27 heavy (non-hydrogen) atoms. The summed E-state index contributed by atoms with van der Waals surface area (Å²) in [4.78, 5) is 51.8. The first kappa shape index (κ1) is 19.5. The molecule has 1 aliphatic carbocycles. The Morgan fingerprint density at radius 2 is 1.78 bits per heavy atom. The van der Waals surface area contributed by atoms with Gasteiger partial charge in [-0.1, -0.05) is 19.8 Å². The van der Waals surface area contributed by atoms with Crippen molar-refractivity contribution < 1.29 is 19.2 Å². The molecule has 2 N–H and O–H groups in total. The average molecular weight is 391 g/mol. The Bertz CT molecular complexity index is 749. The first-order chi connectivity index (χ1) is 12.9. The first-order valence-corrected chi connectivity index (χ1v) is 10.3. The molecule has 2 atom stereocenters. The monoisotopic (exact) mass is 391 g/mol. The van der Waals surface area contributed by atoms with E-state index in [1.165, 1.54) is 16.2 Å². The molecule has 1 saturated heterocycles. The minimum Gasteiger partial charge on any atom is -0.282 e. The van der Waals surface area contributed by atoms with Crippen LogP contribution in [0.15, 0.2) is 6.07 Å². The topological polar surface area (TPSA) is 95.6 Å². The molecule has 7 nitrogen and oxygen atoms in total. The van der Waals surface area contributed by atoms with Crippen LogP contribution in [0.4, 0.5) is 0 Å². The number of nitrogens with one attached hydrogen (secondary N) is 2. The molecule has 0 radical (unpaired) electrons. The molecule has 3 rings (SSSR count). The number of likely N-dealkylation sites (tertiary alicyclic amines) is 1. The van der Waals surface area contributed by atoms with Crippen molar-refractivity contribution in [3.05, 3.63) is 21.4 Å². The van der Waals surface area contributed by atoms with Gasteiger partial charge in [-0.15, -0.1) is 11.3 Å². The van der Waals surface area contributed by atoms with Crippen LogP contribution in [0.1, 0.15) is 59.1 Å². The van der Waals surface area contributed by atoms with Crippen LogP contribution in [-0.2, 0) is 20.8 Å². The van der Waals surface area contributed by atoms with Crippen LogP contribution in [0.25, 0.3) is 0 Å². The van der Waals surface area contributed by atoms with Crippen LogP contribution in [0.2, 0.25) is 0 Å². The number of hydrogen-bond acceptors (Lipinski definition) is 5. The predicted octanol–water partition coefficient (Wildman–Crippen LogP) is 1.95. The highest BCUT2D eigenvalue weighted by Crippen LogP contribution is 2.37. The van der Waals surface area contributed by atoms with Gasteiger partial charge < -0.3 is 0 Å². The largest absolute Gasteiger partial charge is 0.282 e. The van der Waals surface area contributed by atoms with Crippen molar-refractivity contribution in [1.82, 2.24) is 15.8 Å². The van der Waals surface area contributed by atoms with Gasteiger partial charge in [0.05, 0.1) is 16.7 Å². The van der Waals surface area contributed by atoms with Gasteiger partial charge in [-0.05, 0) is 37.8 Å². The number of hydrogen-bond donors (Lipinski definition) is 2. The Balaban J connectivity index is 1.47. The molecule has 1 aromatic rings. The minimum absolute atomic E-state index is 0.0269. The summed E-state index contributed by atoms with van der Waals surface area (Å²) < 4.78 is 0. The lowest BCUT2D eigenvalue weighted by atomic mass is 9.81. The van der Waals surface area contributed by atoms with E-state index in [1.54, 1.807) is 6.07 Å². The molecule has 0 spiro atoms. The summed E-state index contributed by atoms with van der Waals surface area (Å²) in [5.74, 6) is -1.50. The maximum atomic E-state index is 12.4. The van der Waals surface area contributed by atoms with Gasteiger partial charge in [0, 0.05) is 17.8 Å². The van der Waals surface area contributed by atoms with Gasteiger partial charge in [-0.25, -0.2) is 0 Å². The van der Waals surface area contributed by atoms with Crippen LogP contribution in [-0.4, -0.2) is 35.1 Å². The fraction of sp³-hybridized carbons (Fsp3) is 0.579. The molecule has 0 unspecified atom stereocenters. The molecule has 146 valence electrons. The number of imide groups is 1. The van der Waals surface area contributed by atoms with E-state index in [9.17, 15) is 19.2 Å². The lowest BCUT2D eigenvalue weighted by molar-refractivity contribution is -0.140. The zero-order valence-electron chi connectivity index (χ0n) is 15.7. The number of carbonyl (C=O) groups is 4. The molecule has 2 fully saturated rings. The van der Waals surface area contributed by atoms with Gasteiger partial charge >= 0.3 is 0 Å². The standard InChI is InChI=1S/C19H25N3O4S/c1-3-14-11(2)10-15(27-14)17(24)21-20-16(23)8-9-22-18(25)12-6-4-5-7-13(12)19(22)26/h10,12-13H,3-9H2,1-2H3,(H,20,23)(H,21,24)/t12-,13-/m0/s1. The van der Waals surface area contributed by atoms with Crippen molar-refractivity contribution >= 4 is 35.0 Å². The third-order valence-corrected chi connectivity index (χ3v) is 6.76. The summed E-state index contributed by atoms with van der Waals surface area (Å²) in [7, 11) is 0. The maximum Gasteiger partial charge on any atom is 0.279 e. The lowest BCUT2D eigenvalue weighted by Crippen LogP contribution is -2.43. The maximum absolute atomic E-state index is 12.4. The Labute approximate surface area is 162 Å². The van der Waals surface area contributed by atoms with Crippen LogP contribution in [0.5, 0.6) is 0 Å². The van der Waals surface area contributed by atoms with Crippen molar-refractivity contribution in [3.8, 4) is 0 Å². The van der Waals surface area contributed by atoms with Gasteiger partial charge in [0.15, 0.2) is 0 Å². The van der Waals surface area contributed by atoms with Crippen LogP contribution in [0.3, 0.4) is 0 Å². The molecule has 4 amide bonds. The number of fused-ring (bicyclic) bond motifs is 1. The van der Waals surface area contributed by atoms with Crippen molar-refractivity contribution in [2.45, 2.75) is 52.4 Å². The molecule has 0 bridgehead atoms. The van der Waals surface area contributed by atoms with Crippen molar-refractivity contribution in [2.75, 3.05) is 6.54 Å². The molecule has 2 aliphatic rings. The molecule has 1 aromatic heterocycles. The summed E-state index contributed by atoms with van der Waals surface area (Å²) in [5, 5.41) is 0. The number of amides is 4. The molecule has 1 aliphatic heterocycles. The SMILES string of the molecule is CCc1sc(C(=O)NNC(=O)CCN2C(=O)[C@H]3CCCC[C@@H]3C2=O)cc1C. The van der Waals surface area contributed by atoms with E-state index in [2.05, 4.69) is 10.9 Å². The average Bonchev–Trinajstić information content (AvgIpc) is 3.16. The second-order valence-corrected chi connectivity index (χ2v) is 8.28. The number of carbonyl (C=O) groups excluding carboxylic acids is 4. The van der Waals surface area contributed by atoms with Gasteiger partial charge in [-0.2, -0.15) is 0 Å². The summed E-state index contributed by atoms with van der Waals surface area (Å²) in [6.45, 7) is 4.04. The normalized spacial score (nSPS) is 21.9. The van der Waals surface area contributed by atoms with Crippen LogP contribution >= 0.6 is 11.3 Å². The van der Waals surface area contributed by atoms with Gasteiger partial charge in [0.2, 0.25) is 17.7 Å². The van der Waals surface area contributed by atoms with Crippen molar-refractivity contribution in [1.29, 1.82) is 0 Å². The highest BCUT2D eigenvalue weighted by molar-refractivity contribution is 7.14. The Hall–Kier alpha value is -2.22. The van der Waals surface area contributed by atoms with Crippen LogP contribution < -0.4 is 10.9 Å². The van der Waals surface area contributed by atoms with Gasteiger partial charge in [0.1, 0.15) is 0 Å². The summed E-state index contributed by atoms with van der Waals surface area (Å²) in [6, 6.07) is 1.80. The molecule has 0 aromatic carbocycles. The van der Waals surface area contributed by atoms with E-state index in [-0.39, 0.29) is 42.5 Å². The third-order valence-electron chi connectivity index (χ3n) is 5.38. The summed E-state index contributed by atoms with van der Waals surface area (Å²) >= 11 is 1.40. The second-order valence-electron chi connectivity index (χ2n) is 7.15. The Kier molecular flexibility index (Phi) is 5.94. The fourth-order valence-corrected chi connectivity index (χ4v) is 4.91. The van der Waals surface area contributed by atoms with Gasteiger partial charge in [0.25, 0.3) is 5.91 Å². The van der Waals surface area contributed by atoms with E-state index in [0.717, 1.165) is 42.5 Å². The van der Waals surface area contributed by atoms with E-state index >= 15 is 0 Å². The minimum atomic E-state index is -0.428. The smallest absolute Gasteiger partial charge is 0.279 e. The number of thiophene rings is 1. The Morgan fingerprint density at radius 3 is 2.33 bits per heavy atom. The van der Waals surface area contributed by atoms with Crippen molar-refractivity contribution in [2.24, 2.45) is 11.8 Å². The second kappa shape index (κ2) is 8.21. The molecule has 1 saturated carbocycles. The lowest BCUT2D eigenvalue weighted by Gasteiger charge is -2.19. The quantitative estimate of drug-likeness (QED) is 0.592. The third kappa shape index (κ3) is 4.05. The molecule has 8 heteroatoms. The molecular formula is C19H25N3O4S. The number of rotatable bonds is 5. The molecule has 2 heterocycles. The summed E-state index contributed by atoms with van der Waals surface area (Å²) in [5.41, 5.74) is 5.82. The molecular weight excluding hydrogens is 366 g/mol. The van der Waals surface area contributed by atoms with E-state index in [4.69, 9.17) is 0 Å².